The summed E-state index contributed by atoms with van der Waals surface area (Å²) >= 11 is 0. The molecule has 0 bridgehead atoms. The van der Waals surface area contributed by atoms with E-state index in [1.54, 1.807) is 18.4 Å². The van der Waals surface area contributed by atoms with Crippen LogP contribution in [0.1, 0.15) is 24.6 Å². The third-order valence-electron chi connectivity index (χ3n) is 3.17. The van der Waals surface area contributed by atoms with Crippen LogP contribution in [-0.4, -0.2) is 17.1 Å². The van der Waals surface area contributed by atoms with Crippen LogP contribution in [-0.2, 0) is 4.79 Å². The Kier molecular flexibility index (Phi) is 3.90. The maximum absolute atomic E-state index is 11.8. The smallest absolute Gasteiger partial charge is 0.228 e. The Bertz CT molecular complexity index is 548. The second-order valence-corrected chi connectivity index (χ2v) is 4.64. The zero-order chi connectivity index (χ0) is 13.8. The molecule has 1 saturated carbocycles. The number of nitrogens with one attached hydrogen (secondary N) is 1. The fourth-order valence-corrected chi connectivity index (χ4v) is 1.87. The lowest BCUT2D eigenvalue weighted by molar-refractivity contribution is -0.117. The summed E-state index contributed by atoms with van der Waals surface area (Å²) < 4.78 is 0. The van der Waals surface area contributed by atoms with Gasteiger partial charge in [0.1, 0.15) is 5.82 Å². The third-order valence-corrected chi connectivity index (χ3v) is 3.17. The van der Waals surface area contributed by atoms with E-state index in [2.05, 4.69) is 35.4 Å². The minimum atomic E-state index is 0.0440. The second kappa shape index (κ2) is 5.61. The van der Waals surface area contributed by atoms with Crippen molar-refractivity contribution in [1.82, 2.24) is 4.98 Å². The molecule has 0 spiro atoms. The van der Waals surface area contributed by atoms with Crippen molar-refractivity contribution < 1.29 is 4.79 Å². The number of carbonyl (C=O) groups excluding carboxylic acids is 1. The molecule has 1 heterocycles. The third kappa shape index (κ3) is 3.16. The molecular formula is C15H17N3O. The highest BCUT2D eigenvalue weighted by atomic mass is 16.2. The Morgan fingerprint density at radius 3 is 2.84 bits per heavy atom. The highest BCUT2D eigenvalue weighted by Crippen LogP contribution is 2.38. The molecule has 0 radical (unpaired) electrons. The Labute approximate surface area is 113 Å². The van der Waals surface area contributed by atoms with Gasteiger partial charge >= 0.3 is 0 Å². The minimum Gasteiger partial charge on any atom is -0.310 e. The lowest BCUT2D eigenvalue weighted by atomic mass is 10.2. The van der Waals surface area contributed by atoms with Crippen LogP contribution in [0.2, 0.25) is 0 Å². The van der Waals surface area contributed by atoms with Crippen LogP contribution in [0.4, 0.5) is 5.82 Å². The van der Waals surface area contributed by atoms with Crippen LogP contribution in [0.3, 0.4) is 0 Å². The molecule has 1 fully saturated rings. The Morgan fingerprint density at radius 1 is 1.53 bits per heavy atom. The van der Waals surface area contributed by atoms with Gasteiger partial charge in [-0.05, 0) is 30.5 Å². The second-order valence-electron chi connectivity index (χ2n) is 4.64. The number of aliphatic imine (C=N–C) groups is 1. The predicted molar refractivity (Wildman–Crippen MR) is 78.0 cm³/mol. The molecule has 1 aliphatic carbocycles. The highest BCUT2D eigenvalue weighted by Gasteiger charge is 2.39. The van der Waals surface area contributed by atoms with Gasteiger partial charge in [-0.2, -0.15) is 0 Å². The maximum atomic E-state index is 11.8. The van der Waals surface area contributed by atoms with Crippen LogP contribution in [0.25, 0.3) is 6.08 Å². The first-order valence-electron chi connectivity index (χ1n) is 6.24. The van der Waals surface area contributed by atoms with Gasteiger partial charge in [-0.1, -0.05) is 20.1 Å². The Morgan fingerprint density at radius 2 is 2.26 bits per heavy atom. The molecule has 1 aromatic heterocycles. The van der Waals surface area contributed by atoms with Gasteiger partial charge in [0.25, 0.3) is 0 Å². The Hall–Kier alpha value is -2.23. The molecule has 4 nitrogen and oxygen atoms in total. The van der Waals surface area contributed by atoms with E-state index < -0.39 is 0 Å². The molecule has 2 atom stereocenters. The SMILES string of the molecule is C=C/N=C\c1ccc(NC(=O)C2CC2C)nc1C=C. The highest BCUT2D eigenvalue weighted by molar-refractivity contribution is 5.94. The van der Waals surface area contributed by atoms with Crippen molar-refractivity contribution in [2.45, 2.75) is 13.3 Å². The van der Waals surface area contributed by atoms with E-state index in [0.29, 0.717) is 17.4 Å². The van der Waals surface area contributed by atoms with Crippen LogP contribution >= 0.6 is 0 Å². The summed E-state index contributed by atoms with van der Waals surface area (Å²) in [6.07, 6.45) is 5.71. The van der Waals surface area contributed by atoms with Gasteiger partial charge in [-0.25, -0.2) is 4.98 Å². The number of aromatic nitrogens is 1. The van der Waals surface area contributed by atoms with Crippen molar-refractivity contribution in [3.05, 3.63) is 42.7 Å². The van der Waals surface area contributed by atoms with Crippen molar-refractivity contribution in [1.29, 1.82) is 0 Å². The number of carbonyl (C=O) groups is 1. The van der Waals surface area contributed by atoms with E-state index in [-0.39, 0.29) is 11.8 Å². The zero-order valence-corrected chi connectivity index (χ0v) is 11.0. The minimum absolute atomic E-state index is 0.0440. The van der Waals surface area contributed by atoms with Gasteiger partial charge in [0.2, 0.25) is 5.91 Å². The molecule has 0 aliphatic heterocycles. The number of pyridine rings is 1. The normalized spacial score (nSPS) is 21.1. The largest absolute Gasteiger partial charge is 0.310 e. The van der Waals surface area contributed by atoms with Gasteiger partial charge < -0.3 is 5.32 Å². The fourth-order valence-electron chi connectivity index (χ4n) is 1.87. The molecule has 2 rings (SSSR count). The summed E-state index contributed by atoms with van der Waals surface area (Å²) in [5.74, 6) is 1.21. The van der Waals surface area contributed by atoms with Crippen molar-refractivity contribution in [2.24, 2.45) is 16.8 Å². The topological polar surface area (TPSA) is 54.4 Å². The summed E-state index contributed by atoms with van der Waals surface area (Å²) in [5, 5.41) is 2.83. The van der Waals surface area contributed by atoms with Crippen molar-refractivity contribution in [3.8, 4) is 0 Å². The molecule has 0 aromatic carbocycles. The van der Waals surface area contributed by atoms with Crippen molar-refractivity contribution >= 4 is 24.0 Å². The molecule has 2 unspecified atom stereocenters. The first kappa shape index (κ1) is 13.2. The monoisotopic (exact) mass is 255 g/mol. The summed E-state index contributed by atoms with van der Waals surface area (Å²) in [4.78, 5) is 20.1. The van der Waals surface area contributed by atoms with Crippen LogP contribution in [0.5, 0.6) is 0 Å². The van der Waals surface area contributed by atoms with Crippen LogP contribution in [0.15, 0.2) is 36.5 Å². The average molecular weight is 255 g/mol. The summed E-state index contributed by atoms with van der Waals surface area (Å²) in [6, 6.07) is 3.62. The van der Waals surface area contributed by atoms with Gasteiger partial charge in [-0.3, -0.25) is 9.79 Å². The number of hydrogen-bond acceptors (Lipinski definition) is 3. The summed E-state index contributed by atoms with van der Waals surface area (Å²) in [7, 11) is 0. The quantitative estimate of drug-likeness (QED) is 0.822. The van der Waals surface area contributed by atoms with Gasteiger partial charge in [0, 0.05) is 23.9 Å². The lowest BCUT2D eigenvalue weighted by Crippen LogP contribution is -2.15. The Balaban J connectivity index is 2.14. The molecule has 1 amide bonds. The molecule has 1 N–H and O–H groups in total. The van der Waals surface area contributed by atoms with E-state index in [0.717, 1.165) is 12.0 Å². The standard InChI is InChI=1S/C15H17N3O/c1-4-13-11(9-16-5-2)6-7-14(17-13)18-15(19)12-8-10(12)3/h4-7,9-10,12H,1-2,8H2,3H3,(H,17,18,19)/b16-9-. The first-order valence-corrected chi connectivity index (χ1v) is 6.24. The molecule has 19 heavy (non-hydrogen) atoms. The molecule has 98 valence electrons. The lowest BCUT2D eigenvalue weighted by Gasteiger charge is -2.06. The number of anilines is 1. The number of nitrogens with zero attached hydrogens (tertiary/aromatic N) is 2. The van der Waals surface area contributed by atoms with E-state index in [1.165, 1.54) is 6.20 Å². The maximum Gasteiger partial charge on any atom is 0.228 e. The molecule has 1 aliphatic rings. The first-order chi connectivity index (χ1) is 9.15. The number of amides is 1. The van der Waals surface area contributed by atoms with Crippen LogP contribution < -0.4 is 5.32 Å². The average Bonchev–Trinajstić information content (AvgIpc) is 3.14. The van der Waals surface area contributed by atoms with Gasteiger partial charge in [0.05, 0.1) is 5.69 Å². The van der Waals surface area contributed by atoms with E-state index in [9.17, 15) is 4.79 Å². The van der Waals surface area contributed by atoms with Gasteiger partial charge in [0.15, 0.2) is 0 Å². The predicted octanol–water partition coefficient (Wildman–Crippen LogP) is 2.88. The summed E-state index contributed by atoms with van der Waals surface area (Å²) in [5.41, 5.74) is 1.53. The molecule has 1 aromatic rings. The van der Waals surface area contributed by atoms with Crippen molar-refractivity contribution in [3.63, 3.8) is 0 Å². The number of rotatable bonds is 5. The van der Waals surface area contributed by atoms with E-state index >= 15 is 0 Å². The van der Waals surface area contributed by atoms with E-state index in [1.807, 2.05) is 6.07 Å². The number of hydrogen-bond donors (Lipinski definition) is 1. The molecular weight excluding hydrogens is 238 g/mol. The molecule has 4 heteroatoms. The van der Waals surface area contributed by atoms with Crippen molar-refractivity contribution in [2.75, 3.05) is 5.32 Å². The van der Waals surface area contributed by atoms with Gasteiger partial charge in [-0.15, -0.1) is 0 Å². The zero-order valence-electron chi connectivity index (χ0n) is 11.0. The summed E-state index contributed by atoms with van der Waals surface area (Å²) in [6.45, 7) is 9.31. The molecule has 0 saturated heterocycles. The van der Waals surface area contributed by atoms with E-state index in [4.69, 9.17) is 0 Å². The van der Waals surface area contributed by atoms with Crippen LogP contribution in [0, 0.1) is 11.8 Å². The fraction of sp³-hybridized carbons (Fsp3) is 0.267.